The molecule has 0 unspecified atom stereocenters. The number of anilines is 1. The zero-order valence-electron chi connectivity index (χ0n) is 15.9. The highest BCUT2D eigenvalue weighted by Crippen LogP contribution is 2.26. The molecule has 0 aliphatic rings. The SMILES string of the molecule is Cc1c(Cl)c([N+](=O)[O-])nn1CC(=O)Nc1cnn(Cc2cccc3ccccc23)c1. The normalized spacial score (nSPS) is 11.0. The van der Waals surface area contributed by atoms with Crippen molar-refractivity contribution in [2.24, 2.45) is 0 Å². The van der Waals surface area contributed by atoms with Crippen molar-refractivity contribution in [1.29, 1.82) is 0 Å². The van der Waals surface area contributed by atoms with Gasteiger partial charge in [-0.05, 0) is 28.2 Å². The van der Waals surface area contributed by atoms with E-state index in [0.29, 0.717) is 17.9 Å². The Morgan fingerprint density at radius 1 is 1.23 bits per heavy atom. The third kappa shape index (κ3) is 3.87. The summed E-state index contributed by atoms with van der Waals surface area (Å²) in [6, 6.07) is 14.2. The first-order valence-corrected chi connectivity index (χ1v) is 9.46. The summed E-state index contributed by atoms with van der Waals surface area (Å²) in [5.74, 6) is -0.859. The quantitative estimate of drug-likeness (QED) is 0.374. The predicted molar refractivity (Wildman–Crippen MR) is 113 cm³/mol. The molecule has 2 heterocycles. The molecule has 30 heavy (non-hydrogen) atoms. The van der Waals surface area contributed by atoms with Crippen LogP contribution in [0.2, 0.25) is 5.02 Å². The average Bonchev–Trinajstić information content (AvgIpc) is 3.27. The second kappa shape index (κ2) is 7.96. The molecular formula is C20H17ClN6O3. The highest BCUT2D eigenvalue weighted by Gasteiger charge is 2.25. The summed E-state index contributed by atoms with van der Waals surface area (Å²) in [5.41, 5.74) is 1.99. The summed E-state index contributed by atoms with van der Waals surface area (Å²) in [6.45, 7) is 1.92. The van der Waals surface area contributed by atoms with Gasteiger partial charge in [-0.15, -0.1) is 0 Å². The van der Waals surface area contributed by atoms with Gasteiger partial charge in [0.1, 0.15) is 6.54 Å². The standard InChI is InChI=1S/C20H17ClN6O3/c1-13-19(21)20(27(29)30)24-26(13)12-18(28)23-16-9-22-25(11-16)10-15-7-4-6-14-5-2-3-8-17(14)15/h2-9,11H,10,12H2,1H3,(H,23,28). The summed E-state index contributed by atoms with van der Waals surface area (Å²) in [7, 11) is 0. The maximum Gasteiger partial charge on any atom is 0.408 e. The maximum atomic E-state index is 12.3. The fourth-order valence-corrected chi connectivity index (χ4v) is 3.44. The Hall–Kier alpha value is -3.72. The van der Waals surface area contributed by atoms with Gasteiger partial charge in [0.15, 0.2) is 5.02 Å². The van der Waals surface area contributed by atoms with Gasteiger partial charge in [-0.2, -0.15) is 9.78 Å². The van der Waals surface area contributed by atoms with E-state index in [1.54, 1.807) is 24.0 Å². The van der Waals surface area contributed by atoms with Gasteiger partial charge in [-0.25, -0.2) is 0 Å². The van der Waals surface area contributed by atoms with Crippen LogP contribution in [-0.4, -0.2) is 30.4 Å². The van der Waals surface area contributed by atoms with Gasteiger partial charge < -0.3 is 15.4 Å². The number of hydrogen-bond donors (Lipinski definition) is 1. The number of nitrogens with one attached hydrogen (secondary N) is 1. The molecule has 4 rings (SSSR count). The van der Waals surface area contributed by atoms with Crippen molar-refractivity contribution in [1.82, 2.24) is 19.6 Å². The van der Waals surface area contributed by atoms with Crippen molar-refractivity contribution in [2.75, 3.05) is 5.32 Å². The van der Waals surface area contributed by atoms with Crippen LogP contribution >= 0.6 is 11.6 Å². The molecule has 0 aliphatic carbocycles. The minimum atomic E-state index is -0.680. The van der Waals surface area contributed by atoms with Crippen LogP contribution in [0, 0.1) is 17.0 Å². The molecule has 10 heteroatoms. The number of halogens is 1. The molecule has 2 aromatic heterocycles. The Bertz CT molecular complexity index is 1260. The van der Waals surface area contributed by atoms with Gasteiger partial charge in [0, 0.05) is 6.20 Å². The molecule has 1 amide bonds. The van der Waals surface area contributed by atoms with Crippen molar-refractivity contribution in [3.63, 3.8) is 0 Å². The Balaban J connectivity index is 1.45. The lowest BCUT2D eigenvalue weighted by Gasteiger charge is -2.06. The molecule has 0 fully saturated rings. The third-order valence-corrected chi connectivity index (χ3v) is 5.15. The molecular weight excluding hydrogens is 408 g/mol. The first-order valence-electron chi connectivity index (χ1n) is 9.08. The van der Waals surface area contributed by atoms with Gasteiger partial charge in [0.2, 0.25) is 5.91 Å². The van der Waals surface area contributed by atoms with Crippen LogP contribution in [0.5, 0.6) is 0 Å². The number of rotatable bonds is 6. The van der Waals surface area contributed by atoms with Crippen LogP contribution in [0.4, 0.5) is 11.5 Å². The monoisotopic (exact) mass is 424 g/mol. The zero-order chi connectivity index (χ0) is 21.3. The highest BCUT2D eigenvalue weighted by atomic mass is 35.5. The van der Waals surface area contributed by atoms with Crippen LogP contribution < -0.4 is 5.32 Å². The number of amides is 1. The van der Waals surface area contributed by atoms with Crippen LogP contribution in [0.15, 0.2) is 54.9 Å². The minimum absolute atomic E-state index is 0.0734. The van der Waals surface area contributed by atoms with Crippen LogP contribution in [0.1, 0.15) is 11.3 Å². The van der Waals surface area contributed by atoms with Gasteiger partial charge in [0.25, 0.3) is 0 Å². The Morgan fingerprint density at radius 3 is 2.77 bits per heavy atom. The van der Waals surface area contributed by atoms with Gasteiger partial charge >= 0.3 is 5.82 Å². The summed E-state index contributed by atoms with van der Waals surface area (Å²) in [4.78, 5) is 22.6. The van der Waals surface area contributed by atoms with Crippen molar-refractivity contribution >= 4 is 39.8 Å². The molecule has 2 aromatic carbocycles. The molecule has 9 nitrogen and oxygen atoms in total. The fourth-order valence-electron chi connectivity index (χ4n) is 3.23. The number of carbonyl (C=O) groups is 1. The summed E-state index contributed by atoms with van der Waals surface area (Å²) < 4.78 is 2.94. The van der Waals surface area contributed by atoms with Gasteiger partial charge in [-0.1, -0.05) is 54.1 Å². The lowest BCUT2D eigenvalue weighted by Crippen LogP contribution is -2.20. The van der Waals surface area contributed by atoms with E-state index in [-0.39, 0.29) is 11.6 Å². The first kappa shape index (κ1) is 19.6. The zero-order valence-corrected chi connectivity index (χ0v) is 16.7. The van der Waals surface area contributed by atoms with Crippen molar-refractivity contribution in [2.45, 2.75) is 20.0 Å². The molecule has 0 radical (unpaired) electrons. The molecule has 4 aromatic rings. The highest BCUT2D eigenvalue weighted by molar-refractivity contribution is 6.33. The predicted octanol–water partition coefficient (Wildman–Crippen LogP) is 3.79. The molecule has 1 N–H and O–H groups in total. The second-order valence-corrected chi connectivity index (χ2v) is 7.13. The molecule has 0 saturated carbocycles. The number of nitrogens with zero attached hydrogens (tertiary/aromatic N) is 5. The first-order chi connectivity index (χ1) is 14.4. The number of aromatic nitrogens is 4. The average molecular weight is 425 g/mol. The van der Waals surface area contributed by atoms with E-state index in [9.17, 15) is 14.9 Å². The molecule has 152 valence electrons. The topological polar surface area (TPSA) is 108 Å². The number of hydrogen-bond acceptors (Lipinski definition) is 5. The Morgan fingerprint density at radius 2 is 2.00 bits per heavy atom. The van der Waals surface area contributed by atoms with E-state index in [1.165, 1.54) is 4.68 Å². The van der Waals surface area contributed by atoms with E-state index in [4.69, 9.17) is 11.6 Å². The smallest absolute Gasteiger partial charge is 0.358 e. The number of benzene rings is 2. The largest absolute Gasteiger partial charge is 0.408 e. The number of fused-ring (bicyclic) bond motifs is 1. The van der Waals surface area contributed by atoms with Crippen LogP contribution in [-0.2, 0) is 17.9 Å². The molecule has 0 bridgehead atoms. The summed E-state index contributed by atoms with van der Waals surface area (Å²) >= 11 is 5.90. The summed E-state index contributed by atoms with van der Waals surface area (Å²) in [6.07, 6.45) is 3.28. The van der Waals surface area contributed by atoms with E-state index in [2.05, 4.69) is 33.7 Å². The molecule has 0 aliphatic heterocycles. The lowest BCUT2D eigenvalue weighted by molar-refractivity contribution is -0.389. The van der Waals surface area contributed by atoms with E-state index in [1.807, 2.05) is 24.3 Å². The fraction of sp³-hybridized carbons (Fsp3) is 0.150. The van der Waals surface area contributed by atoms with E-state index < -0.39 is 16.6 Å². The maximum absolute atomic E-state index is 12.3. The molecule has 0 spiro atoms. The Labute approximate surface area is 176 Å². The minimum Gasteiger partial charge on any atom is -0.358 e. The third-order valence-electron chi connectivity index (χ3n) is 4.71. The van der Waals surface area contributed by atoms with E-state index >= 15 is 0 Å². The van der Waals surface area contributed by atoms with Crippen LogP contribution in [0.25, 0.3) is 10.8 Å². The molecule has 0 saturated heterocycles. The Kier molecular flexibility index (Phi) is 5.20. The number of nitro groups is 1. The van der Waals surface area contributed by atoms with Crippen molar-refractivity contribution in [3.8, 4) is 0 Å². The van der Waals surface area contributed by atoms with Crippen molar-refractivity contribution < 1.29 is 9.72 Å². The van der Waals surface area contributed by atoms with Crippen molar-refractivity contribution in [3.05, 3.63) is 81.3 Å². The second-order valence-electron chi connectivity index (χ2n) is 6.75. The molecule has 0 atom stereocenters. The lowest BCUT2D eigenvalue weighted by atomic mass is 10.0. The van der Waals surface area contributed by atoms with E-state index in [0.717, 1.165) is 16.3 Å². The van der Waals surface area contributed by atoms with Gasteiger partial charge in [-0.3, -0.25) is 9.48 Å². The van der Waals surface area contributed by atoms with Crippen LogP contribution in [0.3, 0.4) is 0 Å². The van der Waals surface area contributed by atoms with Gasteiger partial charge in [0.05, 0.1) is 29.2 Å². The number of carbonyl (C=O) groups excluding carboxylic acids is 1. The summed E-state index contributed by atoms with van der Waals surface area (Å²) in [5, 5.41) is 24.0.